The Labute approximate surface area is 163 Å². The minimum atomic E-state index is -0.587. The van der Waals surface area contributed by atoms with Gasteiger partial charge in [-0.25, -0.2) is 4.98 Å². The minimum Gasteiger partial charge on any atom is -0.389 e. The van der Waals surface area contributed by atoms with Gasteiger partial charge in [-0.05, 0) is 37.7 Å². The smallest absolute Gasteiger partial charge is 0.259 e. The van der Waals surface area contributed by atoms with E-state index in [1.54, 1.807) is 17.4 Å². The second-order valence-electron chi connectivity index (χ2n) is 7.34. The van der Waals surface area contributed by atoms with Crippen LogP contribution in [-0.2, 0) is 24.1 Å². The molecule has 0 aliphatic heterocycles. The van der Waals surface area contributed by atoms with E-state index in [0.717, 1.165) is 29.5 Å². The third-order valence-electron chi connectivity index (χ3n) is 4.96. The Morgan fingerprint density at radius 3 is 3.11 bits per heavy atom. The molecule has 0 unspecified atom stereocenters. The van der Waals surface area contributed by atoms with Gasteiger partial charge in [-0.2, -0.15) is 0 Å². The molecule has 0 fully saturated rings. The molecule has 1 aliphatic carbocycles. The minimum absolute atomic E-state index is 0.0459. The quantitative estimate of drug-likeness (QED) is 0.642. The van der Waals surface area contributed by atoms with Crippen molar-refractivity contribution in [3.05, 3.63) is 39.3 Å². The standard InChI is InChI=1S/C20H29N3O3S/c1-4-8-23(10-14(24)12-26-5-2)11-17-21-19(25)18-15-7-6-13(3)9-16(15)27-20(18)22-17/h4,13-14,24H,1,5-12H2,2-3H3,(H,21,22,25)/t13-,14+/m1/s1. The summed E-state index contributed by atoms with van der Waals surface area (Å²) in [5, 5.41) is 10.9. The normalized spacial score (nSPS) is 18.0. The summed E-state index contributed by atoms with van der Waals surface area (Å²) in [6.07, 6.45) is 4.33. The van der Waals surface area contributed by atoms with Crippen LogP contribution in [0.5, 0.6) is 0 Å². The van der Waals surface area contributed by atoms with Crippen molar-refractivity contribution < 1.29 is 9.84 Å². The van der Waals surface area contributed by atoms with E-state index >= 15 is 0 Å². The van der Waals surface area contributed by atoms with E-state index < -0.39 is 6.10 Å². The Morgan fingerprint density at radius 2 is 2.37 bits per heavy atom. The summed E-state index contributed by atoms with van der Waals surface area (Å²) in [6.45, 7) is 10.3. The molecule has 0 spiro atoms. The maximum absolute atomic E-state index is 12.7. The molecule has 0 radical (unpaired) electrons. The van der Waals surface area contributed by atoms with Crippen LogP contribution >= 0.6 is 11.3 Å². The van der Waals surface area contributed by atoms with E-state index in [4.69, 9.17) is 9.72 Å². The van der Waals surface area contributed by atoms with E-state index in [2.05, 4.69) is 18.5 Å². The number of rotatable bonds is 9. The van der Waals surface area contributed by atoms with Gasteiger partial charge in [0.1, 0.15) is 10.7 Å². The van der Waals surface area contributed by atoms with E-state index in [-0.39, 0.29) is 5.56 Å². The lowest BCUT2D eigenvalue weighted by molar-refractivity contribution is 0.0214. The highest BCUT2D eigenvalue weighted by Gasteiger charge is 2.23. The van der Waals surface area contributed by atoms with Gasteiger partial charge < -0.3 is 14.8 Å². The molecule has 7 heteroatoms. The van der Waals surface area contributed by atoms with Gasteiger partial charge in [-0.15, -0.1) is 17.9 Å². The molecule has 2 heterocycles. The summed E-state index contributed by atoms with van der Waals surface area (Å²) in [6, 6.07) is 0. The molecule has 6 nitrogen and oxygen atoms in total. The Balaban J connectivity index is 1.81. The highest BCUT2D eigenvalue weighted by atomic mass is 32.1. The van der Waals surface area contributed by atoms with Gasteiger partial charge in [-0.1, -0.05) is 13.0 Å². The van der Waals surface area contributed by atoms with Crippen LogP contribution in [0.2, 0.25) is 0 Å². The molecular formula is C20H29N3O3S. The number of nitrogens with one attached hydrogen (secondary N) is 1. The van der Waals surface area contributed by atoms with Gasteiger partial charge in [-0.3, -0.25) is 9.69 Å². The van der Waals surface area contributed by atoms with Crippen LogP contribution in [0.1, 0.15) is 36.5 Å². The van der Waals surface area contributed by atoms with Crippen molar-refractivity contribution in [2.24, 2.45) is 5.92 Å². The molecule has 2 atom stereocenters. The number of H-pyrrole nitrogens is 1. The topological polar surface area (TPSA) is 78.5 Å². The zero-order valence-electron chi connectivity index (χ0n) is 16.2. The van der Waals surface area contributed by atoms with Crippen molar-refractivity contribution in [3.8, 4) is 0 Å². The molecule has 2 aromatic heterocycles. The zero-order valence-corrected chi connectivity index (χ0v) is 17.0. The van der Waals surface area contributed by atoms with E-state index in [9.17, 15) is 9.90 Å². The fraction of sp³-hybridized carbons (Fsp3) is 0.600. The number of hydrogen-bond donors (Lipinski definition) is 2. The number of ether oxygens (including phenoxy) is 1. The monoisotopic (exact) mass is 391 g/mol. The second-order valence-corrected chi connectivity index (χ2v) is 8.42. The average molecular weight is 392 g/mol. The molecule has 2 N–H and O–H groups in total. The molecule has 1 aliphatic rings. The van der Waals surface area contributed by atoms with Gasteiger partial charge in [0, 0.05) is 24.6 Å². The number of aliphatic hydroxyl groups excluding tert-OH is 1. The number of aryl methyl sites for hydroxylation is 1. The fourth-order valence-corrected chi connectivity index (χ4v) is 5.07. The predicted octanol–water partition coefficient (Wildman–Crippen LogP) is 2.49. The van der Waals surface area contributed by atoms with Crippen molar-refractivity contribution in [2.45, 2.75) is 45.8 Å². The lowest BCUT2D eigenvalue weighted by Crippen LogP contribution is -2.35. The average Bonchev–Trinajstić information content (AvgIpc) is 2.97. The maximum atomic E-state index is 12.7. The largest absolute Gasteiger partial charge is 0.389 e. The second kappa shape index (κ2) is 9.10. The van der Waals surface area contributed by atoms with Crippen LogP contribution in [0.25, 0.3) is 10.2 Å². The van der Waals surface area contributed by atoms with Crippen LogP contribution in [0.15, 0.2) is 17.4 Å². The van der Waals surface area contributed by atoms with Crippen LogP contribution in [0.3, 0.4) is 0 Å². The molecular weight excluding hydrogens is 362 g/mol. The summed E-state index contributed by atoms with van der Waals surface area (Å²) in [7, 11) is 0. The van der Waals surface area contributed by atoms with E-state index in [1.807, 2.05) is 11.8 Å². The van der Waals surface area contributed by atoms with Crippen molar-refractivity contribution in [1.82, 2.24) is 14.9 Å². The summed E-state index contributed by atoms with van der Waals surface area (Å²) in [5.41, 5.74) is 1.15. The SMILES string of the molecule is C=CCN(Cc1nc2sc3c(c2c(=O)[nH]1)CC[C@@H](C)C3)C[C@H](O)COCC. The van der Waals surface area contributed by atoms with Crippen LogP contribution in [-0.4, -0.2) is 52.4 Å². The summed E-state index contributed by atoms with van der Waals surface area (Å²) in [4.78, 5) is 24.6. The van der Waals surface area contributed by atoms with Gasteiger partial charge in [0.15, 0.2) is 0 Å². The third kappa shape index (κ3) is 4.85. The highest BCUT2D eigenvalue weighted by Crippen LogP contribution is 2.35. The van der Waals surface area contributed by atoms with Gasteiger partial charge in [0.2, 0.25) is 0 Å². The zero-order chi connectivity index (χ0) is 19.4. The molecule has 0 saturated heterocycles. The summed E-state index contributed by atoms with van der Waals surface area (Å²) >= 11 is 1.66. The van der Waals surface area contributed by atoms with Crippen LogP contribution in [0, 0.1) is 5.92 Å². The number of aromatic nitrogens is 2. The molecule has 148 valence electrons. The first-order valence-electron chi connectivity index (χ1n) is 9.64. The maximum Gasteiger partial charge on any atom is 0.259 e. The number of nitrogens with zero attached hydrogens (tertiary/aromatic N) is 2. The first-order chi connectivity index (χ1) is 13.0. The van der Waals surface area contributed by atoms with Crippen LogP contribution in [0.4, 0.5) is 0 Å². The first-order valence-corrected chi connectivity index (χ1v) is 10.5. The Morgan fingerprint density at radius 1 is 1.56 bits per heavy atom. The summed E-state index contributed by atoms with van der Waals surface area (Å²) in [5.74, 6) is 1.30. The van der Waals surface area contributed by atoms with E-state index in [0.29, 0.717) is 44.6 Å². The molecule has 0 saturated carbocycles. The Bertz CT molecular complexity index is 845. The number of fused-ring (bicyclic) bond motifs is 3. The molecule has 0 aromatic carbocycles. The number of thiophene rings is 1. The third-order valence-corrected chi connectivity index (χ3v) is 6.11. The molecule has 27 heavy (non-hydrogen) atoms. The molecule has 2 aromatic rings. The first kappa shape index (κ1) is 20.2. The molecule has 0 bridgehead atoms. The number of aliphatic hydroxyl groups is 1. The summed E-state index contributed by atoms with van der Waals surface area (Å²) < 4.78 is 5.28. The molecule has 3 rings (SSSR count). The van der Waals surface area contributed by atoms with Crippen molar-refractivity contribution in [1.29, 1.82) is 0 Å². The Kier molecular flexibility index (Phi) is 6.81. The van der Waals surface area contributed by atoms with Crippen molar-refractivity contribution >= 4 is 21.6 Å². The Hall–Kier alpha value is -1.54. The number of aromatic amines is 1. The van der Waals surface area contributed by atoms with Crippen LogP contribution < -0.4 is 5.56 Å². The van der Waals surface area contributed by atoms with Crippen molar-refractivity contribution in [2.75, 3.05) is 26.3 Å². The van der Waals surface area contributed by atoms with E-state index in [1.165, 1.54) is 10.4 Å². The van der Waals surface area contributed by atoms with Gasteiger partial charge in [0.25, 0.3) is 5.56 Å². The number of hydrogen-bond acceptors (Lipinski definition) is 6. The molecule has 0 amide bonds. The fourth-order valence-electron chi connectivity index (χ4n) is 3.67. The van der Waals surface area contributed by atoms with Gasteiger partial charge in [0.05, 0.1) is 24.6 Å². The lowest BCUT2D eigenvalue weighted by atomic mass is 9.89. The lowest BCUT2D eigenvalue weighted by Gasteiger charge is -2.23. The highest BCUT2D eigenvalue weighted by molar-refractivity contribution is 7.18. The predicted molar refractivity (Wildman–Crippen MR) is 109 cm³/mol. The van der Waals surface area contributed by atoms with Crippen molar-refractivity contribution in [3.63, 3.8) is 0 Å². The van der Waals surface area contributed by atoms with Gasteiger partial charge >= 0.3 is 0 Å².